The van der Waals surface area contributed by atoms with Gasteiger partial charge >= 0.3 is 23.9 Å². The molecule has 0 aliphatic rings. The zero-order valence-electron chi connectivity index (χ0n) is 25.5. The molecular formula is C29H38N6O12. The van der Waals surface area contributed by atoms with E-state index < -0.39 is 97.0 Å². The van der Waals surface area contributed by atoms with Crippen molar-refractivity contribution in [3.63, 3.8) is 0 Å². The number of aliphatic carboxylic acids is 4. The maximum atomic E-state index is 13.1. The van der Waals surface area contributed by atoms with Crippen molar-refractivity contribution >= 4 is 58.4 Å². The number of fused-ring (bicyclic) bond motifs is 1. The van der Waals surface area contributed by atoms with E-state index in [1.807, 2.05) is 10.6 Å². The minimum Gasteiger partial charge on any atom is -0.481 e. The van der Waals surface area contributed by atoms with Crippen LogP contribution in [-0.4, -0.2) is 103 Å². The Morgan fingerprint density at radius 1 is 0.681 bits per heavy atom. The number of carboxylic acid groups (broad SMARTS) is 4. The smallest absolute Gasteiger partial charge is 0.326 e. The molecular weight excluding hydrogens is 624 g/mol. The van der Waals surface area contributed by atoms with Crippen LogP contribution in [0.25, 0.3) is 10.9 Å². The fourth-order valence-corrected chi connectivity index (χ4v) is 4.57. The Morgan fingerprint density at radius 3 is 1.53 bits per heavy atom. The molecule has 47 heavy (non-hydrogen) atoms. The maximum absolute atomic E-state index is 13.1. The highest BCUT2D eigenvalue weighted by atomic mass is 16.4. The molecule has 18 heteroatoms. The molecule has 0 saturated carbocycles. The molecule has 0 bridgehead atoms. The molecule has 5 atom stereocenters. The average molecular weight is 663 g/mol. The number of hydrogen-bond donors (Lipinski definition) is 10. The second kappa shape index (κ2) is 17.2. The second-order valence-electron chi connectivity index (χ2n) is 11.2. The normalized spacial score (nSPS) is 14.2. The van der Waals surface area contributed by atoms with Gasteiger partial charge in [0.2, 0.25) is 23.6 Å². The first kappa shape index (κ1) is 37.7. The lowest BCUT2D eigenvalue weighted by Crippen LogP contribution is -2.59. The highest BCUT2D eigenvalue weighted by molar-refractivity contribution is 5.98. The average Bonchev–Trinajstić information content (AvgIpc) is 3.37. The third-order valence-corrected chi connectivity index (χ3v) is 6.81. The Labute approximate surface area is 267 Å². The van der Waals surface area contributed by atoms with Crippen LogP contribution in [0.4, 0.5) is 0 Å². The fourth-order valence-electron chi connectivity index (χ4n) is 4.57. The van der Waals surface area contributed by atoms with Crippen LogP contribution < -0.4 is 27.0 Å². The van der Waals surface area contributed by atoms with Crippen molar-refractivity contribution < 1.29 is 58.8 Å². The molecule has 0 radical (unpaired) electrons. The molecule has 1 heterocycles. The third-order valence-electron chi connectivity index (χ3n) is 6.81. The predicted molar refractivity (Wildman–Crippen MR) is 162 cm³/mol. The molecule has 0 aliphatic heterocycles. The molecule has 1 aromatic heterocycles. The highest BCUT2D eigenvalue weighted by Gasteiger charge is 2.34. The van der Waals surface area contributed by atoms with Crippen molar-refractivity contribution in [1.82, 2.24) is 26.3 Å². The standard InChI is InChI=1S/C29H38N6O12/c1-13(2)7-21(29(46)47)35-28(45)20(11-24(40)41)34-27(44)19(10-23(38)39)33-26(43)18(9-22(36)37)32-25(42)16(30)8-14-12-31-17-6-4-3-5-15(14)17/h3-6,12-13,16,18-21,31H,7-11,30H2,1-2H3,(H,32,42)(H,33,43)(H,34,44)(H,35,45)(H,36,37)(H,38,39)(H,40,41)(H,46,47)/t16-,18-,19-,20-,21-/m0/s1. The zero-order chi connectivity index (χ0) is 35.4. The first-order chi connectivity index (χ1) is 22.0. The summed E-state index contributed by atoms with van der Waals surface area (Å²) in [7, 11) is 0. The van der Waals surface area contributed by atoms with Crippen molar-refractivity contribution in [3.8, 4) is 0 Å². The van der Waals surface area contributed by atoms with Crippen LogP contribution in [-0.2, 0) is 44.8 Å². The van der Waals surface area contributed by atoms with Gasteiger partial charge in [-0.2, -0.15) is 0 Å². The van der Waals surface area contributed by atoms with Crippen LogP contribution in [0.1, 0.15) is 45.1 Å². The largest absolute Gasteiger partial charge is 0.481 e. The number of amides is 4. The molecule has 4 amide bonds. The van der Waals surface area contributed by atoms with Crippen LogP contribution in [0.5, 0.6) is 0 Å². The zero-order valence-corrected chi connectivity index (χ0v) is 25.5. The molecule has 0 saturated heterocycles. The van der Waals surface area contributed by atoms with Gasteiger partial charge in [-0.15, -0.1) is 0 Å². The molecule has 2 rings (SSSR count). The van der Waals surface area contributed by atoms with Crippen LogP contribution in [0.3, 0.4) is 0 Å². The van der Waals surface area contributed by atoms with Gasteiger partial charge in [-0.1, -0.05) is 32.0 Å². The van der Waals surface area contributed by atoms with E-state index in [-0.39, 0.29) is 18.8 Å². The van der Waals surface area contributed by atoms with Gasteiger partial charge in [-0.25, -0.2) is 4.79 Å². The minimum absolute atomic E-state index is 0.00572. The SMILES string of the molecule is CC(C)C[C@H](NC(=O)[C@H](CC(=O)O)NC(=O)[C@H](CC(=O)O)NC(=O)[C@H](CC(=O)O)NC(=O)[C@@H](N)Cc1c[nH]c2ccccc12)C(=O)O. The van der Waals surface area contributed by atoms with E-state index in [1.165, 1.54) is 0 Å². The van der Waals surface area contributed by atoms with Gasteiger partial charge < -0.3 is 52.4 Å². The van der Waals surface area contributed by atoms with Gasteiger partial charge in [0.25, 0.3) is 0 Å². The molecule has 0 unspecified atom stereocenters. The number of aromatic amines is 1. The predicted octanol–water partition coefficient (Wildman–Crippen LogP) is -1.47. The Hall–Kier alpha value is -5.52. The summed E-state index contributed by atoms with van der Waals surface area (Å²) in [6.07, 6.45) is -1.53. The van der Waals surface area contributed by atoms with Crippen molar-refractivity contribution in [2.24, 2.45) is 11.7 Å². The molecule has 2 aromatic rings. The number of H-pyrrole nitrogens is 1. The number of benzene rings is 1. The number of para-hydroxylation sites is 1. The number of carboxylic acids is 4. The summed E-state index contributed by atoms with van der Waals surface area (Å²) in [4.78, 5) is 101. The van der Waals surface area contributed by atoms with Crippen molar-refractivity contribution in [2.75, 3.05) is 0 Å². The highest BCUT2D eigenvalue weighted by Crippen LogP contribution is 2.19. The number of nitrogens with two attached hydrogens (primary N) is 1. The van der Waals surface area contributed by atoms with Crippen LogP contribution in [0.15, 0.2) is 30.5 Å². The third kappa shape index (κ3) is 12.1. The second-order valence-corrected chi connectivity index (χ2v) is 11.2. The summed E-state index contributed by atoms with van der Waals surface area (Å²) in [5.74, 6) is -11.1. The fraction of sp³-hybridized carbons (Fsp3) is 0.448. The van der Waals surface area contributed by atoms with Crippen LogP contribution >= 0.6 is 0 Å². The van der Waals surface area contributed by atoms with Crippen LogP contribution in [0, 0.1) is 5.92 Å². The summed E-state index contributed by atoms with van der Waals surface area (Å²) in [6, 6.07) is -1.22. The molecule has 0 spiro atoms. The van der Waals surface area contributed by atoms with Gasteiger partial charge in [-0.05, 0) is 30.4 Å². The lowest BCUT2D eigenvalue weighted by molar-refractivity contribution is -0.145. The molecule has 0 fully saturated rings. The molecule has 0 aliphatic carbocycles. The Morgan fingerprint density at radius 2 is 1.11 bits per heavy atom. The van der Waals surface area contributed by atoms with Crippen LogP contribution in [0.2, 0.25) is 0 Å². The number of carbonyl (C=O) groups is 8. The summed E-state index contributed by atoms with van der Waals surface area (Å²) >= 11 is 0. The molecule has 256 valence electrons. The molecule has 18 nitrogen and oxygen atoms in total. The van der Waals surface area contributed by atoms with Gasteiger partial charge in [0.05, 0.1) is 25.3 Å². The van der Waals surface area contributed by atoms with Gasteiger partial charge in [0.1, 0.15) is 24.2 Å². The van der Waals surface area contributed by atoms with Crippen molar-refractivity contribution in [1.29, 1.82) is 0 Å². The summed E-state index contributed by atoms with van der Waals surface area (Å²) in [5.41, 5.74) is 7.47. The van der Waals surface area contributed by atoms with E-state index in [1.54, 1.807) is 44.3 Å². The number of nitrogens with one attached hydrogen (secondary N) is 5. The Balaban J connectivity index is 2.21. The molecule has 11 N–H and O–H groups in total. The lowest BCUT2D eigenvalue weighted by Gasteiger charge is -2.25. The van der Waals surface area contributed by atoms with E-state index in [4.69, 9.17) is 5.73 Å². The van der Waals surface area contributed by atoms with E-state index in [9.17, 15) is 58.8 Å². The number of rotatable bonds is 19. The minimum atomic E-state index is -1.98. The van der Waals surface area contributed by atoms with E-state index in [0.29, 0.717) is 5.56 Å². The van der Waals surface area contributed by atoms with Gasteiger partial charge in [-0.3, -0.25) is 33.6 Å². The van der Waals surface area contributed by atoms with Crippen molar-refractivity contribution in [3.05, 3.63) is 36.0 Å². The van der Waals surface area contributed by atoms with Gasteiger partial charge in [0.15, 0.2) is 0 Å². The Kier molecular flexibility index (Phi) is 13.8. The van der Waals surface area contributed by atoms with E-state index in [2.05, 4.69) is 15.6 Å². The molecule has 1 aromatic carbocycles. The van der Waals surface area contributed by atoms with E-state index >= 15 is 0 Å². The maximum Gasteiger partial charge on any atom is 0.326 e. The number of aromatic nitrogens is 1. The summed E-state index contributed by atoms with van der Waals surface area (Å²) < 4.78 is 0. The monoisotopic (exact) mass is 662 g/mol. The summed E-state index contributed by atoms with van der Waals surface area (Å²) in [6.45, 7) is 3.35. The van der Waals surface area contributed by atoms with E-state index in [0.717, 1.165) is 10.9 Å². The Bertz CT molecular complexity index is 1510. The number of hydrogen-bond acceptors (Lipinski definition) is 9. The quantitative estimate of drug-likeness (QED) is 0.0823. The number of carbonyl (C=O) groups excluding carboxylic acids is 4. The van der Waals surface area contributed by atoms with Gasteiger partial charge in [0, 0.05) is 17.1 Å². The summed E-state index contributed by atoms with van der Waals surface area (Å²) in [5, 5.41) is 46.5. The first-order valence-electron chi connectivity index (χ1n) is 14.4. The topological polar surface area (TPSA) is 307 Å². The lowest BCUT2D eigenvalue weighted by atomic mass is 10.0. The van der Waals surface area contributed by atoms with Crippen molar-refractivity contribution in [2.45, 2.75) is 76.2 Å². The first-order valence-corrected chi connectivity index (χ1v) is 14.4.